The molecule has 138 valence electrons. The Bertz CT molecular complexity index is 1200. The molecule has 0 spiro atoms. The van der Waals surface area contributed by atoms with E-state index in [0.29, 0.717) is 23.0 Å². The zero-order chi connectivity index (χ0) is 19.1. The average molecular weight is 369 g/mol. The highest BCUT2D eigenvalue weighted by Gasteiger charge is 2.23. The first-order chi connectivity index (χ1) is 13.7. The van der Waals surface area contributed by atoms with Crippen molar-refractivity contribution in [2.45, 2.75) is 18.9 Å². The number of aromatic amines is 1. The molecule has 1 aliphatic carbocycles. The predicted molar refractivity (Wildman–Crippen MR) is 111 cm³/mol. The number of hydrogen-bond donors (Lipinski definition) is 3. The number of fused-ring (bicyclic) bond motifs is 3. The monoisotopic (exact) mass is 369 g/mol. The van der Waals surface area contributed by atoms with Crippen LogP contribution in [0.15, 0.2) is 66.7 Å². The molecule has 0 saturated heterocycles. The summed E-state index contributed by atoms with van der Waals surface area (Å²) < 4.78 is 0. The minimum absolute atomic E-state index is 0.0668. The number of H-pyrrole nitrogens is 1. The molecule has 0 atom stereocenters. The molecule has 0 bridgehead atoms. The summed E-state index contributed by atoms with van der Waals surface area (Å²) in [6.45, 7) is 0. The SMILES string of the molecule is O=C(NC1CC1)c1ccc(NC(=O)c2cc3c(ccc4ccccc43)[nH]2)cc1. The van der Waals surface area contributed by atoms with Gasteiger partial charge in [-0.2, -0.15) is 0 Å². The average Bonchev–Trinajstić information content (AvgIpc) is 3.41. The van der Waals surface area contributed by atoms with Crippen LogP contribution in [-0.4, -0.2) is 22.8 Å². The molecule has 1 heterocycles. The molecule has 4 aromatic rings. The van der Waals surface area contributed by atoms with Crippen molar-refractivity contribution in [3.63, 3.8) is 0 Å². The molecular weight excluding hydrogens is 350 g/mol. The quantitative estimate of drug-likeness (QED) is 0.497. The summed E-state index contributed by atoms with van der Waals surface area (Å²) in [6.07, 6.45) is 2.11. The number of hydrogen-bond acceptors (Lipinski definition) is 2. The highest BCUT2D eigenvalue weighted by Crippen LogP contribution is 2.26. The van der Waals surface area contributed by atoms with Gasteiger partial charge in [0, 0.05) is 28.2 Å². The van der Waals surface area contributed by atoms with Gasteiger partial charge in [0.1, 0.15) is 5.69 Å². The van der Waals surface area contributed by atoms with Crippen molar-refractivity contribution in [1.82, 2.24) is 10.3 Å². The largest absolute Gasteiger partial charge is 0.351 e. The lowest BCUT2D eigenvalue weighted by molar-refractivity contribution is 0.0950. The fraction of sp³-hybridized carbons (Fsp3) is 0.130. The van der Waals surface area contributed by atoms with Gasteiger partial charge in [-0.3, -0.25) is 9.59 Å². The minimum atomic E-state index is -0.213. The highest BCUT2D eigenvalue weighted by molar-refractivity contribution is 6.12. The van der Waals surface area contributed by atoms with Crippen LogP contribution in [0.1, 0.15) is 33.7 Å². The molecule has 5 heteroatoms. The third-order valence-electron chi connectivity index (χ3n) is 5.09. The number of nitrogens with one attached hydrogen (secondary N) is 3. The van der Waals surface area contributed by atoms with Gasteiger partial charge in [-0.1, -0.05) is 30.3 Å². The van der Waals surface area contributed by atoms with E-state index in [1.807, 2.05) is 30.3 Å². The Morgan fingerprint density at radius 3 is 2.43 bits per heavy atom. The second kappa shape index (κ2) is 6.53. The van der Waals surface area contributed by atoms with Crippen LogP contribution in [-0.2, 0) is 0 Å². The van der Waals surface area contributed by atoms with Crippen LogP contribution in [0, 0.1) is 0 Å². The van der Waals surface area contributed by atoms with Crippen LogP contribution in [0.25, 0.3) is 21.7 Å². The first-order valence-corrected chi connectivity index (χ1v) is 9.40. The van der Waals surface area contributed by atoms with Crippen molar-refractivity contribution in [3.8, 4) is 0 Å². The van der Waals surface area contributed by atoms with Crippen molar-refractivity contribution in [2.75, 3.05) is 5.32 Å². The van der Waals surface area contributed by atoms with Crippen LogP contribution in [0.4, 0.5) is 5.69 Å². The molecule has 5 rings (SSSR count). The van der Waals surface area contributed by atoms with Crippen molar-refractivity contribution in [2.24, 2.45) is 0 Å². The summed E-state index contributed by atoms with van der Waals surface area (Å²) >= 11 is 0. The third-order valence-corrected chi connectivity index (χ3v) is 5.09. The standard InChI is InChI=1S/C23H19N3O2/c27-22(24-17-10-11-17)15-5-8-16(9-6-15)25-23(28)21-13-19-18-4-2-1-3-14(18)7-12-20(19)26-21/h1-9,12-13,17,26H,10-11H2,(H,24,27)(H,25,28). The molecule has 1 aromatic heterocycles. The lowest BCUT2D eigenvalue weighted by atomic mass is 10.1. The van der Waals surface area contributed by atoms with Crippen LogP contribution in [0.5, 0.6) is 0 Å². The van der Waals surface area contributed by atoms with Crippen molar-refractivity contribution >= 4 is 39.2 Å². The van der Waals surface area contributed by atoms with Gasteiger partial charge in [0.15, 0.2) is 0 Å². The van der Waals surface area contributed by atoms with E-state index in [1.54, 1.807) is 24.3 Å². The molecule has 28 heavy (non-hydrogen) atoms. The van der Waals surface area contributed by atoms with Crippen LogP contribution < -0.4 is 10.6 Å². The molecule has 1 aliphatic rings. The minimum Gasteiger partial charge on any atom is -0.351 e. The number of carbonyl (C=O) groups is 2. The molecule has 1 saturated carbocycles. The third kappa shape index (κ3) is 3.11. The Hall–Kier alpha value is -3.60. The van der Waals surface area contributed by atoms with Gasteiger partial charge in [-0.15, -0.1) is 0 Å². The van der Waals surface area contributed by atoms with Crippen LogP contribution in [0.3, 0.4) is 0 Å². The Balaban J connectivity index is 1.36. The molecule has 2 amide bonds. The number of benzene rings is 3. The molecule has 3 N–H and O–H groups in total. The van der Waals surface area contributed by atoms with Gasteiger partial charge in [-0.25, -0.2) is 0 Å². The van der Waals surface area contributed by atoms with E-state index < -0.39 is 0 Å². The van der Waals surface area contributed by atoms with Gasteiger partial charge in [0.2, 0.25) is 0 Å². The van der Waals surface area contributed by atoms with E-state index in [2.05, 4.69) is 27.8 Å². The summed E-state index contributed by atoms with van der Waals surface area (Å²) in [6, 6.07) is 21.3. The van der Waals surface area contributed by atoms with E-state index in [1.165, 1.54) is 0 Å². The van der Waals surface area contributed by atoms with Gasteiger partial charge >= 0.3 is 0 Å². The Morgan fingerprint density at radius 2 is 1.64 bits per heavy atom. The summed E-state index contributed by atoms with van der Waals surface area (Å²) in [7, 11) is 0. The lowest BCUT2D eigenvalue weighted by Gasteiger charge is -2.06. The Labute approximate surface area is 161 Å². The van der Waals surface area contributed by atoms with Crippen molar-refractivity contribution in [3.05, 3.63) is 78.0 Å². The number of anilines is 1. The Morgan fingerprint density at radius 1 is 0.857 bits per heavy atom. The maximum Gasteiger partial charge on any atom is 0.272 e. The van der Waals surface area contributed by atoms with Crippen molar-refractivity contribution in [1.29, 1.82) is 0 Å². The number of rotatable bonds is 4. The summed E-state index contributed by atoms with van der Waals surface area (Å²) in [5, 5.41) is 9.11. The smallest absolute Gasteiger partial charge is 0.272 e. The topological polar surface area (TPSA) is 74.0 Å². The lowest BCUT2D eigenvalue weighted by Crippen LogP contribution is -2.25. The molecule has 0 radical (unpaired) electrons. The number of carbonyl (C=O) groups excluding carboxylic acids is 2. The van der Waals surface area contributed by atoms with Crippen LogP contribution >= 0.6 is 0 Å². The molecule has 1 fully saturated rings. The number of amides is 2. The first-order valence-electron chi connectivity index (χ1n) is 9.40. The van der Waals surface area contributed by atoms with Gasteiger partial charge in [-0.05, 0) is 60.0 Å². The zero-order valence-corrected chi connectivity index (χ0v) is 15.2. The maximum absolute atomic E-state index is 12.7. The van der Waals surface area contributed by atoms with E-state index in [9.17, 15) is 9.59 Å². The molecular formula is C23H19N3O2. The zero-order valence-electron chi connectivity index (χ0n) is 15.2. The van der Waals surface area contributed by atoms with E-state index >= 15 is 0 Å². The number of aromatic nitrogens is 1. The Kier molecular flexibility index (Phi) is 3.86. The fourth-order valence-corrected chi connectivity index (χ4v) is 3.41. The normalized spacial score (nSPS) is 13.6. The van der Waals surface area contributed by atoms with E-state index in [-0.39, 0.29) is 11.8 Å². The fourth-order valence-electron chi connectivity index (χ4n) is 3.41. The molecule has 5 nitrogen and oxygen atoms in total. The molecule has 0 unspecified atom stereocenters. The second-order valence-corrected chi connectivity index (χ2v) is 7.21. The first kappa shape index (κ1) is 16.6. The molecule has 0 aliphatic heterocycles. The van der Waals surface area contributed by atoms with Crippen molar-refractivity contribution < 1.29 is 9.59 Å². The predicted octanol–water partition coefficient (Wildman–Crippen LogP) is 4.47. The van der Waals surface area contributed by atoms with Gasteiger partial charge in [0.25, 0.3) is 11.8 Å². The summed E-state index contributed by atoms with van der Waals surface area (Å²) in [5.41, 5.74) is 2.68. The van der Waals surface area contributed by atoms with E-state index in [4.69, 9.17) is 0 Å². The highest BCUT2D eigenvalue weighted by atomic mass is 16.2. The summed E-state index contributed by atoms with van der Waals surface area (Å²) in [4.78, 5) is 27.9. The van der Waals surface area contributed by atoms with Gasteiger partial charge in [0.05, 0.1) is 0 Å². The van der Waals surface area contributed by atoms with Crippen LogP contribution in [0.2, 0.25) is 0 Å². The van der Waals surface area contributed by atoms with Gasteiger partial charge < -0.3 is 15.6 Å². The summed E-state index contributed by atoms with van der Waals surface area (Å²) in [5.74, 6) is -0.279. The second-order valence-electron chi connectivity index (χ2n) is 7.21. The molecule has 3 aromatic carbocycles. The van der Waals surface area contributed by atoms with E-state index in [0.717, 1.165) is 34.5 Å². The maximum atomic E-state index is 12.7.